The van der Waals surface area contributed by atoms with Crippen LogP contribution in [0.15, 0.2) is 36.7 Å². The molecule has 2 aromatic heterocycles. The molecule has 0 aromatic carbocycles. The summed E-state index contributed by atoms with van der Waals surface area (Å²) in [6.07, 6.45) is 13.4. The smallest absolute Gasteiger partial charge is 0.326 e. The van der Waals surface area contributed by atoms with E-state index in [4.69, 9.17) is 4.98 Å². The molecule has 3 N–H and O–H groups in total. The van der Waals surface area contributed by atoms with E-state index in [1.807, 2.05) is 18.3 Å². The second-order valence-electron chi connectivity index (χ2n) is 11.2. The van der Waals surface area contributed by atoms with Crippen molar-refractivity contribution in [1.29, 1.82) is 0 Å². The van der Waals surface area contributed by atoms with E-state index in [0.717, 1.165) is 75.2 Å². The standard InChI is InChI=1S/C30H42N6O3/c37-29(27-9-5-18-36(27)21-22-6-3-15-31-20-22)34-26(30(38)39)14-19-35(25-12-13-25)17-2-1-8-24-11-10-23-7-4-16-32-28(23)33-24/h3,6,10-11,15,20,25-27H,1-2,4-5,7-9,12-14,16-19,21H2,(H,32,33)(H,34,37)(H,38,39). The zero-order valence-corrected chi connectivity index (χ0v) is 22.9. The van der Waals surface area contributed by atoms with Gasteiger partial charge in [0, 0.05) is 43.8 Å². The number of aromatic nitrogens is 2. The zero-order valence-electron chi connectivity index (χ0n) is 22.9. The van der Waals surface area contributed by atoms with E-state index in [9.17, 15) is 14.7 Å². The van der Waals surface area contributed by atoms with Crippen LogP contribution in [0.25, 0.3) is 0 Å². The van der Waals surface area contributed by atoms with Crippen molar-refractivity contribution < 1.29 is 14.7 Å². The number of fused-ring (bicyclic) bond motifs is 1. The van der Waals surface area contributed by atoms with Crippen molar-refractivity contribution in [3.8, 4) is 0 Å². The average molecular weight is 535 g/mol. The molecule has 4 heterocycles. The second-order valence-corrected chi connectivity index (χ2v) is 11.2. The molecule has 3 aliphatic rings. The van der Waals surface area contributed by atoms with E-state index < -0.39 is 12.0 Å². The predicted octanol–water partition coefficient (Wildman–Crippen LogP) is 3.25. The van der Waals surface area contributed by atoms with Gasteiger partial charge in [0.2, 0.25) is 5.91 Å². The number of carboxylic acids is 1. The van der Waals surface area contributed by atoms with E-state index in [1.165, 1.54) is 24.8 Å². The van der Waals surface area contributed by atoms with Crippen molar-refractivity contribution in [2.75, 3.05) is 31.5 Å². The minimum absolute atomic E-state index is 0.172. The molecule has 0 bridgehead atoms. The summed E-state index contributed by atoms with van der Waals surface area (Å²) in [6.45, 7) is 4.12. The number of carboxylic acid groups (broad SMARTS) is 1. The Morgan fingerprint density at radius 1 is 1.15 bits per heavy atom. The summed E-state index contributed by atoms with van der Waals surface area (Å²) < 4.78 is 0. The highest BCUT2D eigenvalue weighted by Crippen LogP contribution is 2.28. The number of pyridine rings is 2. The molecule has 1 amide bonds. The van der Waals surface area contributed by atoms with Crippen molar-refractivity contribution in [1.82, 2.24) is 25.1 Å². The lowest BCUT2D eigenvalue weighted by molar-refractivity contribution is -0.142. The molecule has 210 valence electrons. The van der Waals surface area contributed by atoms with Gasteiger partial charge >= 0.3 is 5.97 Å². The van der Waals surface area contributed by atoms with Crippen molar-refractivity contribution in [3.63, 3.8) is 0 Å². The minimum atomic E-state index is -0.956. The van der Waals surface area contributed by atoms with Crippen LogP contribution in [0.5, 0.6) is 0 Å². The Balaban J connectivity index is 1.07. The normalized spacial score (nSPS) is 19.9. The number of carbonyl (C=O) groups excluding carboxylic acids is 1. The first-order valence-electron chi connectivity index (χ1n) is 14.7. The summed E-state index contributed by atoms with van der Waals surface area (Å²) in [4.78, 5) is 38.7. The Morgan fingerprint density at radius 2 is 2.05 bits per heavy atom. The van der Waals surface area contributed by atoms with Gasteiger partial charge in [-0.3, -0.25) is 14.7 Å². The Hall–Kier alpha value is -3.04. The lowest BCUT2D eigenvalue weighted by Gasteiger charge is -2.27. The van der Waals surface area contributed by atoms with Crippen LogP contribution < -0.4 is 10.6 Å². The van der Waals surface area contributed by atoms with Gasteiger partial charge in [-0.25, -0.2) is 9.78 Å². The SMILES string of the molecule is O=C(O)C(CCN(CCCCc1ccc2c(n1)NCCC2)C1CC1)NC(=O)C1CCCN1Cc1cccnc1. The molecule has 2 unspecified atom stereocenters. The third kappa shape index (κ3) is 7.76. The van der Waals surface area contributed by atoms with Crippen LogP contribution in [0.2, 0.25) is 0 Å². The zero-order chi connectivity index (χ0) is 27.0. The summed E-state index contributed by atoms with van der Waals surface area (Å²) in [6, 6.07) is 7.66. The largest absolute Gasteiger partial charge is 0.480 e. The molecule has 1 saturated carbocycles. The number of amides is 1. The van der Waals surface area contributed by atoms with E-state index in [0.29, 0.717) is 25.6 Å². The molecular formula is C30H42N6O3. The molecule has 1 saturated heterocycles. The van der Waals surface area contributed by atoms with Crippen molar-refractivity contribution in [2.45, 2.75) is 88.9 Å². The molecular weight excluding hydrogens is 492 g/mol. The molecule has 2 aromatic rings. The molecule has 2 fully saturated rings. The number of aliphatic carboxylic acids is 1. The van der Waals surface area contributed by atoms with Gasteiger partial charge in [0.05, 0.1) is 6.04 Å². The maximum Gasteiger partial charge on any atom is 0.326 e. The molecule has 5 rings (SSSR count). The second kappa shape index (κ2) is 13.3. The molecule has 0 radical (unpaired) electrons. The highest BCUT2D eigenvalue weighted by molar-refractivity contribution is 5.87. The molecule has 0 spiro atoms. The average Bonchev–Trinajstić information content (AvgIpc) is 3.70. The van der Waals surface area contributed by atoms with Crippen LogP contribution in [0.4, 0.5) is 5.82 Å². The van der Waals surface area contributed by atoms with Gasteiger partial charge < -0.3 is 20.6 Å². The van der Waals surface area contributed by atoms with Crippen LogP contribution in [0.1, 0.15) is 68.2 Å². The van der Waals surface area contributed by atoms with Gasteiger partial charge in [0.15, 0.2) is 0 Å². The Labute approximate surface area is 231 Å². The molecule has 39 heavy (non-hydrogen) atoms. The first kappa shape index (κ1) is 27.5. The van der Waals surface area contributed by atoms with E-state index in [-0.39, 0.29) is 11.9 Å². The number of unbranched alkanes of at least 4 members (excludes halogenated alkanes) is 1. The predicted molar refractivity (Wildman–Crippen MR) is 150 cm³/mol. The van der Waals surface area contributed by atoms with Crippen LogP contribution in [-0.4, -0.2) is 81.1 Å². The fourth-order valence-corrected chi connectivity index (χ4v) is 5.90. The molecule has 1 aliphatic carbocycles. The third-order valence-corrected chi connectivity index (χ3v) is 8.24. The van der Waals surface area contributed by atoms with Crippen molar-refractivity contribution in [3.05, 3.63) is 53.5 Å². The number of likely N-dealkylation sites (tertiary alicyclic amines) is 1. The number of anilines is 1. The molecule has 9 heteroatoms. The van der Waals surface area contributed by atoms with Gasteiger partial charge in [-0.05, 0) is 101 Å². The van der Waals surface area contributed by atoms with Crippen molar-refractivity contribution in [2.24, 2.45) is 0 Å². The van der Waals surface area contributed by atoms with Gasteiger partial charge in [-0.15, -0.1) is 0 Å². The van der Waals surface area contributed by atoms with Gasteiger partial charge in [-0.2, -0.15) is 0 Å². The summed E-state index contributed by atoms with van der Waals surface area (Å²) >= 11 is 0. The van der Waals surface area contributed by atoms with Crippen LogP contribution in [-0.2, 0) is 29.0 Å². The molecule has 2 aliphatic heterocycles. The summed E-state index contributed by atoms with van der Waals surface area (Å²) in [7, 11) is 0. The monoisotopic (exact) mass is 534 g/mol. The lowest BCUT2D eigenvalue weighted by atomic mass is 10.1. The number of hydrogen-bond donors (Lipinski definition) is 3. The minimum Gasteiger partial charge on any atom is -0.480 e. The number of hydrogen-bond acceptors (Lipinski definition) is 7. The fourth-order valence-electron chi connectivity index (χ4n) is 5.90. The van der Waals surface area contributed by atoms with Crippen LogP contribution in [0.3, 0.4) is 0 Å². The number of aryl methyl sites for hydroxylation is 2. The van der Waals surface area contributed by atoms with E-state index in [1.54, 1.807) is 6.20 Å². The third-order valence-electron chi connectivity index (χ3n) is 8.24. The summed E-state index contributed by atoms with van der Waals surface area (Å²) in [5.74, 6) is -0.0743. The van der Waals surface area contributed by atoms with E-state index in [2.05, 4.69) is 37.6 Å². The van der Waals surface area contributed by atoms with Crippen molar-refractivity contribution >= 4 is 17.7 Å². The van der Waals surface area contributed by atoms with Gasteiger partial charge in [0.25, 0.3) is 0 Å². The summed E-state index contributed by atoms with van der Waals surface area (Å²) in [5, 5.41) is 16.2. The fraction of sp³-hybridized carbons (Fsp3) is 0.600. The number of rotatable bonds is 14. The van der Waals surface area contributed by atoms with Gasteiger partial charge in [-0.1, -0.05) is 12.1 Å². The maximum atomic E-state index is 13.1. The van der Waals surface area contributed by atoms with Crippen LogP contribution >= 0.6 is 0 Å². The Bertz CT molecular complexity index is 1110. The van der Waals surface area contributed by atoms with Gasteiger partial charge in [0.1, 0.15) is 11.9 Å². The maximum absolute atomic E-state index is 13.1. The first-order chi connectivity index (χ1) is 19.1. The Kier molecular flexibility index (Phi) is 9.42. The Morgan fingerprint density at radius 3 is 2.85 bits per heavy atom. The highest BCUT2D eigenvalue weighted by Gasteiger charge is 2.34. The first-order valence-corrected chi connectivity index (χ1v) is 14.7. The lowest BCUT2D eigenvalue weighted by Crippen LogP contribution is -2.50. The molecule has 2 atom stereocenters. The number of carbonyl (C=O) groups is 2. The van der Waals surface area contributed by atoms with Crippen LogP contribution in [0, 0.1) is 0 Å². The highest BCUT2D eigenvalue weighted by atomic mass is 16.4. The topological polar surface area (TPSA) is 111 Å². The molecule has 9 nitrogen and oxygen atoms in total. The number of nitrogens with zero attached hydrogens (tertiary/aromatic N) is 4. The summed E-state index contributed by atoms with van der Waals surface area (Å²) in [5.41, 5.74) is 3.52. The number of nitrogens with one attached hydrogen (secondary N) is 2. The quantitative estimate of drug-likeness (QED) is 0.317. The van der Waals surface area contributed by atoms with E-state index >= 15 is 0 Å².